The number of furan rings is 1. The van der Waals surface area contributed by atoms with Gasteiger partial charge in [0.25, 0.3) is 0 Å². The molecule has 6 nitrogen and oxygen atoms in total. The zero-order valence-electron chi connectivity index (χ0n) is 14.9. The quantitative estimate of drug-likeness (QED) is 0.469. The Morgan fingerprint density at radius 3 is 2.68 bits per heavy atom. The molecule has 1 aliphatic heterocycles. The number of fused-ring (bicyclic) bond motifs is 4. The lowest BCUT2D eigenvalue weighted by Crippen LogP contribution is -2.19. The molecule has 0 fully saturated rings. The van der Waals surface area contributed by atoms with Gasteiger partial charge in [0.05, 0.1) is 12.8 Å². The van der Waals surface area contributed by atoms with E-state index < -0.39 is 0 Å². The van der Waals surface area contributed by atoms with Gasteiger partial charge in [-0.3, -0.25) is 0 Å². The number of anilines is 2. The molecule has 2 heterocycles. The minimum absolute atomic E-state index is 0.232. The molecule has 0 saturated carbocycles. The van der Waals surface area contributed by atoms with Crippen LogP contribution in [0, 0.1) is 0 Å². The summed E-state index contributed by atoms with van der Waals surface area (Å²) in [5, 5.41) is 8.78. The number of benzene rings is 3. The van der Waals surface area contributed by atoms with E-state index in [1.807, 2.05) is 54.6 Å². The number of hydrogen-bond acceptors (Lipinski definition) is 5. The Morgan fingerprint density at radius 2 is 1.79 bits per heavy atom. The molecule has 28 heavy (non-hydrogen) atoms. The molecule has 2 N–H and O–H groups in total. The van der Waals surface area contributed by atoms with E-state index in [1.54, 1.807) is 7.11 Å². The number of para-hydroxylation sites is 1. The highest BCUT2D eigenvalue weighted by molar-refractivity contribution is 7.80. The molecular weight excluding hydrogens is 376 g/mol. The lowest BCUT2D eigenvalue weighted by Gasteiger charge is -2.14. The van der Waals surface area contributed by atoms with Crippen molar-refractivity contribution < 1.29 is 18.6 Å². The zero-order valence-corrected chi connectivity index (χ0v) is 15.8. The summed E-state index contributed by atoms with van der Waals surface area (Å²) in [5.74, 6) is 2.09. The second-order valence-electron chi connectivity index (χ2n) is 6.29. The Hall–Kier alpha value is -3.45. The molecule has 0 saturated heterocycles. The molecular formula is C21H16N2O4S. The molecule has 0 aliphatic carbocycles. The van der Waals surface area contributed by atoms with E-state index in [0.29, 0.717) is 22.3 Å². The third-order valence-electron chi connectivity index (χ3n) is 4.58. The van der Waals surface area contributed by atoms with E-state index in [4.69, 9.17) is 30.8 Å². The van der Waals surface area contributed by atoms with E-state index in [1.165, 1.54) is 0 Å². The van der Waals surface area contributed by atoms with Crippen LogP contribution in [0.2, 0.25) is 0 Å². The Balaban J connectivity index is 1.43. The maximum absolute atomic E-state index is 5.95. The second kappa shape index (κ2) is 6.61. The summed E-state index contributed by atoms with van der Waals surface area (Å²) in [7, 11) is 1.63. The summed E-state index contributed by atoms with van der Waals surface area (Å²) in [4.78, 5) is 0. The van der Waals surface area contributed by atoms with E-state index >= 15 is 0 Å². The molecule has 3 aromatic carbocycles. The van der Waals surface area contributed by atoms with E-state index in [-0.39, 0.29) is 6.79 Å². The van der Waals surface area contributed by atoms with Crippen molar-refractivity contribution >= 4 is 50.6 Å². The number of ether oxygens (including phenoxy) is 3. The van der Waals surface area contributed by atoms with E-state index in [2.05, 4.69) is 10.6 Å². The third-order valence-corrected chi connectivity index (χ3v) is 4.78. The van der Waals surface area contributed by atoms with Crippen LogP contribution in [0.15, 0.2) is 59.0 Å². The van der Waals surface area contributed by atoms with Crippen molar-refractivity contribution in [3.8, 4) is 17.2 Å². The normalized spacial score (nSPS) is 12.3. The molecule has 1 aromatic heterocycles. The van der Waals surface area contributed by atoms with Gasteiger partial charge in [0, 0.05) is 28.6 Å². The molecule has 4 aromatic rings. The summed E-state index contributed by atoms with van der Waals surface area (Å²) < 4.78 is 22.2. The highest BCUT2D eigenvalue weighted by Gasteiger charge is 2.15. The topological polar surface area (TPSA) is 64.9 Å². The van der Waals surface area contributed by atoms with Crippen LogP contribution in [-0.2, 0) is 0 Å². The summed E-state index contributed by atoms with van der Waals surface area (Å²) in [5.41, 5.74) is 3.10. The van der Waals surface area contributed by atoms with Gasteiger partial charge in [-0.25, -0.2) is 0 Å². The molecule has 7 heteroatoms. The fraction of sp³-hybridized carbons (Fsp3) is 0.0952. The monoisotopic (exact) mass is 392 g/mol. The van der Waals surface area contributed by atoms with Crippen molar-refractivity contribution in [3.05, 3.63) is 54.6 Å². The van der Waals surface area contributed by atoms with Gasteiger partial charge in [0.2, 0.25) is 6.79 Å². The van der Waals surface area contributed by atoms with Gasteiger partial charge in [-0.05, 0) is 36.5 Å². The number of thiocarbonyl (C=S) groups is 1. The first-order valence-corrected chi connectivity index (χ1v) is 9.09. The van der Waals surface area contributed by atoms with Gasteiger partial charge in [-0.2, -0.15) is 0 Å². The number of methoxy groups -OCH3 is 1. The van der Waals surface area contributed by atoms with Crippen molar-refractivity contribution in [1.82, 2.24) is 0 Å². The lowest BCUT2D eigenvalue weighted by molar-refractivity contribution is 0.174. The van der Waals surface area contributed by atoms with E-state index in [0.717, 1.165) is 33.4 Å². The van der Waals surface area contributed by atoms with Crippen molar-refractivity contribution in [1.29, 1.82) is 0 Å². The van der Waals surface area contributed by atoms with Crippen LogP contribution < -0.4 is 24.8 Å². The first kappa shape index (κ1) is 16.7. The van der Waals surface area contributed by atoms with Gasteiger partial charge >= 0.3 is 0 Å². The molecule has 5 rings (SSSR count). The molecule has 0 atom stereocenters. The van der Waals surface area contributed by atoms with Gasteiger partial charge in [-0.15, -0.1) is 0 Å². The standard InChI is InChI=1S/C21H16N2O4S/c1-24-19-9-14-13-4-2-3-5-16(13)27-18(14)10-15(19)23-21(28)22-12-6-7-17-20(8-12)26-11-25-17/h2-10H,11H2,1H3,(H2,22,23,28). The number of rotatable bonds is 3. The average molecular weight is 392 g/mol. The van der Waals surface area contributed by atoms with Crippen molar-refractivity contribution in [2.24, 2.45) is 0 Å². The van der Waals surface area contributed by atoms with Gasteiger partial charge in [0.15, 0.2) is 16.6 Å². The molecule has 0 spiro atoms. The summed E-state index contributed by atoms with van der Waals surface area (Å²) in [6.45, 7) is 0.232. The summed E-state index contributed by atoms with van der Waals surface area (Å²) in [6.07, 6.45) is 0. The Kier molecular flexibility index (Phi) is 3.95. The first-order valence-electron chi connectivity index (χ1n) is 8.68. The predicted molar refractivity (Wildman–Crippen MR) is 113 cm³/mol. The van der Waals surface area contributed by atoms with Crippen LogP contribution in [0.4, 0.5) is 11.4 Å². The average Bonchev–Trinajstić information content (AvgIpc) is 3.30. The summed E-state index contributed by atoms with van der Waals surface area (Å²) in [6, 6.07) is 17.3. The zero-order chi connectivity index (χ0) is 19.1. The molecule has 1 aliphatic rings. The Bertz CT molecular complexity index is 1220. The molecule has 0 radical (unpaired) electrons. The van der Waals surface area contributed by atoms with Crippen molar-refractivity contribution in [2.45, 2.75) is 0 Å². The fourth-order valence-corrected chi connectivity index (χ4v) is 3.50. The minimum atomic E-state index is 0.232. The highest BCUT2D eigenvalue weighted by Crippen LogP contribution is 2.37. The maximum atomic E-state index is 5.95. The first-order chi connectivity index (χ1) is 13.7. The molecule has 140 valence electrons. The van der Waals surface area contributed by atoms with Gasteiger partial charge in [-0.1, -0.05) is 18.2 Å². The van der Waals surface area contributed by atoms with Crippen molar-refractivity contribution in [3.63, 3.8) is 0 Å². The third kappa shape index (κ3) is 2.86. The molecule has 0 bridgehead atoms. The number of hydrogen-bond donors (Lipinski definition) is 2. The SMILES string of the molecule is COc1cc2c(cc1NC(=S)Nc1ccc3c(c1)OCO3)oc1ccccc12. The Labute approximate surface area is 166 Å². The van der Waals surface area contributed by atoms with Crippen LogP contribution in [0.1, 0.15) is 0 Å². The van der Waals surface area contributed by atoms with Crippen LogP contribution in [-0.4, -0.2) is 19.0 Å². The fourth-order valence-electron chi connectivity index (χ4n) is 3.28. The van der Waals surface area contributed by atoms with E-state index in [9.17, 15) is 0 Å². The molecule has 0 unspecified atom stereocenters. The maximum Gasteiger partial charge on any atom is 0.231 e. The lowest BCUT2D eigenvalue weighted by atomic mass is 10.1. The molecule has 0 amide bonds. The predicted octanol–water partition coefficient (Wildman–Crippen LogP) is 5.13. The second-order valence-corrected chi connectivity index (χ2v) is 6.70. The van der Waals surface area contributed by atoms with Crippen LogP contribution in [0.5, 0.6) is 17.2 Å². The number of nitrogens with one attached hydrogen (secondary N) is 2. The smallest absolute Gasteiger partial charge is 0.231 e. The Morgan fingerprint density at radius 1 is 0.929 bits per heavy atom. The highest BCUT2D eigenvalue weighted by atomic mass is 32.1. The van der Waals surface area contributed by atoms with Crippen LogP contribution in [0.3, 0.4) is 0 Å². The summed E-state index contributed by atoms with van der Waals surface area (Å²) >= 11 is 5.46. The largest absolute Gasteiger partial charge is 0.495 e. The van der Waals surface area contributed by atoms with Crippen molar-refractivity contribution in [2.75, 3.05) is 24.5 Å². The minimum Gasteiger partial charge on any atom is -0.495 e. The van der Waals surface area contributed by atoms with Gasteiger partial charge < -0.3 is 29.3 Å². The van der Waals surface area contributed by atoms with Crippen LogP contribution >= 0.6 is 12.2 Å². The van der Waals surface area contributed by atoms with Crippen LogP contribution in [0.25, 0.3) is 21.9 Å². The van der Waals surface area contributed by atoms with Gasteiger partial charge in [0.1, 0.15) is 16.9 Å².